The van der Waals surface area contributed by atoms with Crippen LogP contribution in [-0.2, 0) is 9.59 Å². The van der Waals surface area contributed by atoms with Crippen molar-refractivity contribution in [3.05, 3.63) is 98.7 Å². The van der Waals surface area contributed by atoms with Gasteiger partial charge in [-0.2, -0.15) is 0 Å². The fourth-order valence-electron chi connectivity index (χ4n) is 3.77. The molecule has 1 aliphatic rings. The predicted octanol–water partition coefficient (Wildman–Crippen LogP) is 6.48. The SMILES string of the molecule is O=C1C(=O)N(c2nc3ccc(Cl)cc3s2)C(c2cccc(Br)c2)/C1=C(\O)c1ccc(F)cc1. The summed E-state index contributed by atoms with van der Waals surface area (Å²) in [5.41, 5.74) is 1.37. The van der Waals surface area contributed by atoms with Crippen molar-refractivity contribution in [3.8, 4) is 0 Å². The Morgan fingerprint density at radius 3 is 2.58 bits per heavy atom. The van der Waals surface area contributed by atoms with Gasteiger partial charge < -0.3 is 5.11 Å². The van der Waals surface area contributed by atoms with Crippen LogP contribution in [0.5, 0.6) is 0 Å². The summed E-state index contributed by atoms with van der Waals surface area (Å²) in [6, 6.07) is 16.4. The summed E-state index contributed by atoms with van der Waals surface area (Å²) in [6.07, 6.45) is 0. The first kappa shape index (κ1) is 21.8. The molecule has 1 amide bonds. The summed E-state index contributed by atoms with van der Waals surface area (Å²) in [7, 11) is 0. The van der Waals surface area contributed by atoms with Crippen LogP contribution in [0.4, 0.5) is 9.52 Å². The number of fused-ring (bicyclic) bond motifs is 1. The number of anilines is 1. The summed E-state index contributed by atoms with van der Waals surface area (Å²) in [5, 5.41) is 11.9. The molecule has 1 aromatic heterocycles. The van der Waals surface area contributed by atoms with E-state index in [2.05, 4.69) is 20.9 Å². The monoisotopic (exact) mass is 542 g/mol. The summed E-state index contributed by atoms with van der Waals surface area (Å²) >= 11 is 10.7. The number of halogens is 3. The molecule has 3 aromatic carbocycles. The van der Waals surface area contributed by atoms with Crippen LogP contribution in [0.25, 0.3) is 16.0 Å². The molecule has 1 aliphatic heterocycles. The van der Waals surface area contributed by atoms with E-state index in [1.807, 2.05) is 6.07 Å². The van der Waals surface area contributed by atoms with Crippen LogP contribution in [0.2, 0.25) is 5.02 Å². The van der Waals surface area contributed by atoms with Crippen LogP contribution in [0.15, 0.2) is 76.8 Å². The van der Waals surface area contributed by atoms with E-state index in [9.17, 15) is 19.1 Å². The van der Waals surface area contributed by atoms with E-state index in [0.29, 0.717) is 21.2 Å². The minimum atomic E-state index is -0.927. The van der Waals surface area contributed by atoms with Crippen molar-refractivity contribution in [2.24, 2.45) is 0 Å². The first-order valence-corrected chi connectivity index (χ1v) is 11.7. The fraction of sp³-hybridized carbons (Fsp3) is 0.0417. The maximum Gasteiger partial charge on any atom is 0.301 e. The minimum absolute atomic E-state index is 0.0954. The number of rotatable bonds is 3. The van der Waals surface area contributed by atoms with Gasteiger partial charge in [0, 0.05) is 15.1 Å². The highest BCUT2D eigenvalue weighted by Crippen LogP contribution is 2.44. The molecule has 0 radical (unpaired) electrons. The Kier molecular flexibility index (Phi) is 5.52. The molecule has 1 fully saturated rings. The number of hydrogen-bond donors (Lipinski definition) is 1. The van der Waals surface area contributed by atoms with Crippen molar-refractivity contribution in [1.82, 2.24) is 4.98 Å². The lowest BCUT2D eigenvalue weighted by Crippen LogP contribution is -2.29. The average molecular weight is 544 g/mol. The van der Waals surface area contributed by atoms with Gasteiger partial charge in [-0.3, -0.25) is 14.5 Å². The number of amides is 1. The number of thiazole rings is 1. The number of hydrogen-bond acceptors (Lipinski definition) is 5. The number of carbonyl (C=O) groups is 2. The van der Waals surface area contributed by atoms with Gasteiger partial charge in [0.2, 0.25) is 0 Å². The summed E-state index contributed by atoms with van der Waals surface area (Å²) in [6.45, 7) is 0. The fourth-order valence-corrected chi connectivity index (χ4v) is 5.46. The molecule has 4 aromatic rings. The first-order chi connectivity index (χ1) is 15.8. The summed E-state index contributed by atoms with van der Waals surface area (Å²) < 4.78 is 14.9. The predicted molar refractivity (Wildman–Crippen MR) is 130 cm³/mol. The van der Waals surface area contributed by atoms with Crippen LogP contribution in [0.1, 0.15) is 17.2 Å². The molecule has 2 heterocycles. The molecule has 1 N–H and O–H groups in total. The molecule has 164 valence electrons. The Morgan fingerprint density at radius 1 is 1.09 bits per heavy atom. The van der Waals surface area contributed by atoms with Gasteiger partial charge in [0.15, 0.2) is 5.13 Å². The zero-order valence-electron chi connectivity index (χ0n) is 16.6. The molecule has 0 saturated carbocycles. The smallest absolute Gasteiger partial charge is 0.301 e. The van der Waals surface area contributed by atoms with Crippen LogP contribution in [0, 0.1) is 5.82 Å². The van der Waals surface area contributed by atoms with Crippen molar-refractivity contribution in [2.45, 2.75) is 6.04 Å². The Balaban J connectivity index is 1.74. The zero-order valence-corrected chi connectivity index (χ0v) is 19.8. The highest BCUT2D eigenvalue weighted by atomic mass is 79.9. The number of Topliss-reactive ketones (excluding diaryl/α,β-unsaturated/α-hetero) is 1. The zero-order chi connectivity index (χ0) is 23.3. The quantitative estimate of drug-likeness (QED) is 0.182. The lowest BCUT2D eigenvalue weighted by molar-refractivity contribution is -0.132. The molecule has 0 bridgehead atoms. The van der Waals surface area contributed by atoms with E-state index in [4.69, 9.17) is 11.6 Å². The Morgan fingerprint density at radius 2 is 1.85 bits per heavy atom. The molecule has 0 aliphatic carbocycles. The highest BCUT2D eigenvalue weighted by molar-refractivity contribution is 9.10. The van der Waals surface area contributed by atoms with Crippen molar-refractivity contribution >= 4 is 71.7 Å². The number of ketones is 1. The normalized spacial score (nSPS) is 17.8. The lowest BCUT2D eigenvalue weighted by atomic mass is 9.95. The van der Waals surface area contributed by atoms with Crippen molar-refractivity contribution in [1.29, 1.82) is 0 Å². The number of carbonyl (C=O) groups excluding carboxylic acids is 2. The molecule has 1 atom stereocenters. The van der Waals surface area contributed by atoms with Crippen LogP contribution in [-0.4, -0.2) is 21.8 Å². The van der Waals surface area contributed by atoms with Gasteiger partial charge in [0.1, 0.15) is 11.6 Å². The number of aliphatic hydroxyl groups excluding tert-OH is 1. The first-order valence-electron chi connectivity index (χ1n) is 9.72. The number of benzene rings is 3. The number of aromatic nitrogens is 1. The molecule has 33 heavy (non-hydrogen) atoms. The molecule has 9 heteroatoms. The molecular weight excluding hydrogens is 531 g/mol. The molecule has 1 saturated heterocycles. The van der Waals surface area contributed by atoms with E-state index in [0.717, 1.165) is 9.17 Å². The van der Waals surface area contributed by atoms with Gasteiger partial charge in [-0.15, -0.1) is 0 Å². The van der Waals surface area contributed by atoms with Crippen molar-refractivity contribution in [3.63, 3.8) is 0 Å². The average Bonchev–Trinajstić information content (AvgIpc) is 3.32. The van der Waals surface area contributed by atoms with E-state index >= 15 is 0 Å². The lowest BCUT2D eigenvalue weighted by Gasteiger charge is -2.23. The number of nitrogens with zero attached hydrogens (tertiary/aromatic N) is 2. The van der Waals surface area contributed by atoms with Crippen molar-refractivity contribution in [2.75, 3.05) is 4.90 Å². The second kappa shape index (κ2) is 8.37. The van der Waals surface area contributed by atoms with E-state index < -0.39 is 23.5 Å². The topological polar surface area (TPSA) is 70.5 Å². The van der Waals surface area contributed by atoms with Gasteiger partial charge in [0.25, 0.3) is 5.78 Å². The number of aliphatic hydroxyl groups is 1. The van der Waals surface area contributed by atoms with E-state index in [1.165, 1.54) is 40.5 Å². The van der Waals surface area contributed by atoms with Gasteiger partial charge in [-0.05, 0) is 60.2 Å². The molecule has 5 nitrogen and oxygen atoms in total. The second-order valence-corrected chi connectivity index (χ2v) is 9.70. The Hall–Kier alpha value is -3.07. The third kappa shape index (κ3) is 3.84. The Bertz CT molecular complexity index is 1470. The maximum absolute atomic E-state index is 13.4. The van der Waals surface area contributed by atoms with Gasteiger partial charge >= 0.3 is 5.91 Å². The Labute approximate surface area is 204 Å². The third-order valence-electron chi connectivity index (χ3n) is 5.27. The largest absolute Gasteiger partial charge is 0.507 e. The standard InChI is InChI=1S/C24H13BrClFN2O3S/c25-14-3-1-2-13(10-14)20-19(21(30)12-4-7-16(27)8-5-12)22(31)23(32)29(20)24-28-17-9-6-15(26)11-18(17)33-24/h1-11,20,30H/b21-19+. The molecule has 5 rings (SSSR count). The molecule has 0 spiro atoms. The highest BCUT2D eigenvalue weighted by Gasteiger charge is 2.48. The van der Waals surface area contributed by atoms with Crippen LogP contribution < -0.4 is 4.90 Å². The van der Waals surface area contributed by atoms with Crippen LogP contribution >= 0.6 is 38.9 Å². The molecule has 1 unspecified atom stereocenters. The third-order valence-corrected chi connectivity index (χ3v) is 7.02. The van der Waals surface area contributed by atoms with Crippen LogP contribution in [0.3, 0.4) is 0 Å². The van der Waals surface area contributed by atoms with Gasteiger partial charge in [-0.1, -0.05) is 51.0 Å². The van der Waals surface area contributed by atoms with Gasteiger partial charge in [0.05, 0.1) is 21.8 Å². The minimum Gasteiger partial charge on any atom is -0.507 e. The van der Waals surface area contributed by atoms with Gasteiger partial charge in [-0.25, -0.2) is 9.37 Å². The van der Waals surface area contributed by atoms with Crippen molar-refractivity contribution < 1.29 is 19.1 Å². The van der Waals surface area contributed by atoms with E-state index in [-0.39, 0.29) is 16.9 Å². The second-order valence-electron chi connectivity index (χ2n) is 7.34. The molecular formula is C24H13BrClFN2O3S. The maximum atomic E-state index is 13.4. The van der Waals surface area contributed by atoms with E-state index in [1.54, 1.807) is 36.4 Å². The summed E-state index contributed by atoms with van der Waals surface area (Å²) in [4.78, 5) is 32.2. The summed E-state index contributed by atoms with van der Waals surface area (Å²) in [5.74, 6) is -2.53.